The summed E-state index contributed by atoms with van der Waals surface area (Å²) in [6.45, 7) is 4.48. The van der Waals surface area contributed by atoms with Crippen molar-refractivity contribution in [1.29, 1.82) is 0 Å². The molecule has 1 atom stereocenters. The van der Waals surface area contributed by atoms with Crippen LogP contribution in [0.15, 0.2) is 42.5 Å². The summed E-state index contributed by atoms with van der Waals surface area (Å²) in [5.74, 6) is 0.517. The molecule has 1 aliphatic rings. The van der Waals surface area contributed by atoms with E-state index in [1.54, 1.807) is 0 Å². The monoisotopic (exact) mass is 408 g/mol. The predicted molar refractivity (Wildman–Crippen MR) is 123 cm³/mol. The molecule has 0 saturated heterocycles. The van der Waals surface area contributed by atoms with Gasteiger partial charge in [0.1, 0.15) is 5.75 Å². The van der Waals surface area contributed by atoms with Gasteiger partial charge in [0.05, 0.1) is 6.61 Å². The molecule has 1 unspecified atom stereocenters. The SMILES string of the molecule is CCCCCCCCCCC(Oc1ccc2c(c1)Cc1ccccc1-2)C(=O)OCC. The average molecular weight is 409 g/mol. The maximum atomic E-state index is 12.5. The number of carbonyl (C=O) groups is 1. The van der Waals surface area contributed by atoms with Gasteiger partial charge in [-0.2, -0.15) is 0 Å². The molecular formula is C27H36O3. The van der Waals surface area contributed by atoms with Crippen LogP contribution in [0.3, 0.4) is 0 Å². The van der Waals surface area contributed by atoms with Crippen molar-refractivity contribution in [2.75, 3.05) is 6.61 Å². The fourth-order valence-electron chi connectivity index (χ4n) is 4.28. The zero-order chi connectivity index (χ0) is 21.2. The average Bonchev–Trinajstić information content (AvgIpc) is 3.12. The van der Waals surface area contributed by atoms with Crippen molar-refractivity contribution in [3.05, 3.63) is 53.6 Å². The van der Waals surface area contributed by atoms with Crippen LogP contribution in [0.25, 0.3) is 11.1 Å². The maximum absolute atomic E-state index is 12.5. The molecule has 0 spiro atoms. The quantitative estimate of drug-likeness (QED) is 0.223. The molecule has 0 amide bonds. The summed E-state index contributed by atoms with van der Waals surface area (Å²) in [5.41, 5.74) is 5.20. The molecule has 3 heteroatoms. The Morgan fingerprint density at radius 1 is 0.867 bits per heavy atom. The third kappa shape index (κ3) is 6.10. The molecule has 2 aromatic carbocycles. The fraction of sp³-hybridized carbons (Fsp3) is 0.519. The molecule has 3 rings (SSSR count). The van der Waals surface area contributed by atoms with Gasteiger partial charge in [-0.15, -0.1) is 0 Å². The second-order valence-corrected chi connectivity index (χ2v) is 8.27. The number of hydrogen-bond acceptors (Lipinski definition) is 3. The minimum Gasteiger partial charge on any atom is -0.479 e. The zero-order valence-electron chi connectivity index (χ0n) is 18.6. The van der Waals surface area contributed by atoms with Crippen molar-refractivity contribution in [3.8, 4) is 16.9 Å². The number of rotatable bonds is 13. The molecule has 3 nitrogen and oxygen atoms in total. The van der Waals surface area contributed by atoms with E-state index in [0.717, 1.165) is 25.0 Å². The van der Waals surface area contributed by atoms with Crippen molar-refractivity contribution in [2.24, 2.45) is 0 Å². The van der Waals surface area contributed by atoms with Gasteiger partial charge in [0.15, 0.2) is 6.10 Å². The van der Waals surface area contributed by atoms with E-state index in [9.17, 15) is 4.79 Å². The number of hydrogen-bond donors (Lipinski definition) is 0. The molecule has 0 aliphatic heterocycles. The summed E-state index contributed by atoms with van der Waals surface area (Å²) in [7, 11) is 0. The van der Waals surface area contributed by atoms with Crippen LogP contribution in [-0.2, 0) is 16.0 Å². The standard InChI is InChI=1S/C27H36O3/c1-3-5-6-7-8-9-10-11-16-26(27(28)29-4-2)30-23-17-18-25-22(20-23)19-21-14-12-13-15-24(21)25/h12-15,17-18,20,26H,3-11,16,19H2,1-2H3. The van der Waals surface area contributed by atoms with Crippen molar-refractivity contribution in [1.82, 2.24) is 0 Å². The Labute approximate surface area is 181 Å². The third-order valence-electron chi connectivity index (χ3n) is 5.91. The van der Waals surface area contributed by atoms with Gasteiger partial charge in [-0.1, -0.05) is 82.2 Å². The molecule has 0 radical (unpaired) electrons. The normalized spacial score (nSPS) is 12.9. The third-order valence-corrected chi connectivity index (χ3v) is 5.91. The minimum absolute atomic E-state index is 0.246. The Kier molecular flexibility index (Phi) is 8.80. The first kappa shape index (κ1) is 22.4. The second-order valence-electron chi connectivity index (χ2n) is 8.27. The summed E-state index contributed by atoms with van der Waals surface area (Å²) >= 11 is 0. The van der Waals surface area contributed by atoms with Crippen molar-refractivity contribution in [2.45, 2.75) is 84.2 Å². The molecule has 1 aliphatic carbocycles. The van der Waals surface area contributed by atoms with Crippen LogP contribution >= 0.6 is 0 Å². The summed E-state index contributed by atoms with van der Waals surface area (Å²) in [5, 5.41) is 0. The number of carbonyl (C=O) groups excluding carboxylic acids is 1. The van der Waals surface area contributed by atoms with E-state index < -0.39 is 6.10 Å². The lowest BCUT2D eigenvalue weighted by molar-refractivity contribution is -0.151. The van der Waals surface area contributed by atoms with Crippen molar-refractivity contribution >= 4 is 5.97 Å². The van der Waals surface area contributed by atoms with Crippen molar-refractivity contribution < 1.29 is 14.3 Å². The lowest BCUT2D eigenvalue weighted by Gasteiger charge is -2.18. The Balaban J connectivity index is 1.54. The number of ether oxygens (including phenoxy) is 2. The molecule has 0 fully saturated rings. The van der Waals surface area contributed by atoms with Crippen LogP contribution in [-0.4, -0.2) is 18.7 Å². The number of benzene rings is 2. The Morgan fingerprint density at radius 2 is 1.57 bits per heavy atom. The van der Waals surface area contributed by atoms with Crippen LogP contribution in [0, 0.1) is 0 Å². The van der Waals surface area contributed by atoms with Crippen molar-refractivity contribution in [3.63, 3.8) is 0 Å². The highest BCUT2D eigenvalue weighted by atomic mass is 16.6. The molecule has 0 N–H and O–H groups in total. The van der Waals surface area contributed by atoms with Gasteiger partial charge >= 0.3 is 5.97 Å². The van der Waals surface area contributed by atoms with Crippen LogP contribution in [0.1, 0.15) is 82.8 Å². The van der Waals surface area contributed by atoms with Crippen LogP contribution in [0.5, 0.6) is 5.75 Å². The van der Waals surface area contributed by atoms with Crippen LogP contribution in [0.4, 0.5) is 0 Å². The smallest absolute Gasteiger partial charge is 0.347 e. The van der Waals surface area contributed by atoms with E-state index in [2.05, 4.69) is 43.3 Å². The van der Waals surface area contributed by atoms with Gasteiger partial charge in [-0.3, -0.25) is 0 Å². The first-order valence-corrected chi connectivity index (χ1v) is 11.8. The molecule has 162 valence electrons. The van der Waals surface area contributed by atoms with E-state index in [-0.39, 0.29) is 5.97 Å². The summed E-state index contributed by atoms with van der Waals surface area (Å²) < 4.78 is 11.4. The van der Waals surface area contributed by atoms with E-state index in [1.165, 1.54) is 60.8 Å². The van der Waals surface area contributed by atoms with E-state index in [0.29, 0.717) is 13.0 Å². The largest absolute Gasteiger partial charge is 0.479 e. The van der Waals surface area contributed by atoms with E-state index >= 15 is 0 Å². The van der Waals surface area contributed by atoms with Gasteiger partial charge in [0.2, 0.25) is 0 Å². The van der Waals surface area contributed by atoms with Gasteiger partial charge in [-0.05, 0) is 60.6 Å². The fourth-order valence-corrected chi connectivity index (χ4v) is 4.28. The Morgan fingerprint density at radius 3 is 2.33 bits per heavy atom. The first-order valence-electron chi connectivity index (χ1n) is 11.8. The summed E-state index contributed by atoms with van der Waals surface area (Å²) in [4.78, 5) is 12.5. The first-order chi connectivity index (χ1) is 14.7. The Hall–Kier alpha value is -2.29. The number of unbranched alkanes of at least 4 members (excludes halogenated alkanes) is 7. The van der Waals surface area contributed by atoms with Gasteiger partial charge in [0, 0.05) is 0 Å². The highest BCUT2D eigenvalue weighted by molar-refractivity contribution is 5.78. The minimum atomic E-state index is -0.521. The zero-order valence-corrected chi connectivity index (χ0v) is 18.6. The molecule has 0 bridgehead atoms. The summed E-state index contributed by atoms with van der Waals surface area (Å²) in [6, 6.07) is 14.7. The number of fused-ring (bicyclic) bond motifs is 3. The topological polar surface area (TPSA) is 35.5 Å². The van der Waals surface area contributed by atoms with Gasteiger partial charge in [0.25, 0.3) is 0 Å². The van der Waals surface area contributed by atoms with E-state index in [1.807, 2.05) is 13.0 Å². The predicted octanol–water partition coefficient (Wildman–Crippen LogP) is 7.10. The second kappa shape index (κ2) is 11.8. The highest BCUT2D eigenvalue weighted by Crippen LogP contribution is 2.38. The molecule has 30 heavy (non-hydrogen) atoms. The molecule has 0 aromatic heterocycles. The van der Waals surface area contributed by atoms with E-state index in [4.69, 9.17) is 9.47 Å². The van der Waals surface area contributed by atoms with Crippen LogP contribution in [0.2, 0.25) is 0 Å². The molecular weight excluding hydrogens is 372 g/mol. The lowest BCUT2D eigenvalue weighted by atomic mass is 10.0. The maximum Gasteiger partial charge on any atom is 0.347 e. The molecule has 2 aromatic rings. The number of esters is 1. The van der Waals surface area contributed by atoms with Gasteiger partial charge < -0.3 is 9.47 Å². The lowest BCUT2D eigenvalue weighted by Crippen LogP contribution is -2.29. The highest BCUT2D eigenvalue weighted by Gasteiger charge is 2.23. The summed E-state index contributed by atoms with van der Waals surface area (Å²) in [6.07, 6.45) is 11.1. The van der Waals surface area contributed by atoms with Gasteiger partial charge in [-0.25, -0.2) is 4.79 Å². The molecule has 0 saturated carbocycles. The Bertz CT molecular complexity index is 812. The van der Waals surface area contributed by atoms with Crippen LogP contribution < -0.4 is 4.74 Å². The molecule has 0 heterocycles.